The van der Waals surface area contributed by atoms with Crippen LogP contribution in [0.3, 0.4) is 0 Å². The van der Waals surface area contributed by atoms with Crippen molar-refractivity contribution in [2.75, 3.05) is 13.7 Å². The molecule has 0 aliphatic carbocycles. The summed E-state index contributed by atoms with van der Waals surface area (Å²) in [5, 5.41) is 7.47. The fourth-order valence-corrected chi connectivity index (χ4v) is 1.90. The molecule has 7 heteroatoms. The lowest BCUT2D eigenvalue weighted by atomic mass is 10.2. The van der Waals surface area contributed by atoms with Gasteiger partial charge in [-0.05, 0) is 18.3 Å². The summed E-state index contributed by atoms with van der Waals surface area (Å²) in [7, 11) is 1.64. The van der Waals surface area contributed by atoms with Crippen LogP contribution in [0.15, 0.2) is 18.5 Å². The number of halogens is 1. The highest BCUT2D eigenvalue weighted by atomic mass is 35.5. The maximum Gasteiger partial charge on any atom is 0.195 e. The number of nitrogens with one attached hydrogen (secondary N) is 1. The van der Waals surface area contributed by atoms with E-state index in [0.29, 0.717) is 28.8 Å². The normalized spacial score (nSPS) is 10.7. The monoisotopic (exact) mass is 270 g/mol. The number of rotatable bonds is 4. The van der Waals surface area contributed by atoms with E-state index in [2.05, 4.69) is 15.2 Å². The van der Waals surface area contributed by atoms with Crippen molar-refractivity contribution >= 4 is 23.8 Å². The number of ether oxygens (including phenoxy) is 1. The molecule has 17 heavy (non-hydrogen) atoms. The first kappa shape index (κ1) is 12.2. The first-order valence-electron chi connectivity index (χ1n) is 4.98. The lowest BCUT2D eigenvalue weighted by molar-refractivity contribution is 0.187. The summed E-state index contributed by atoms with van der Waals surface area (Å²) in [5.41, 5.74) is 0.796. The fraction of sp³-hybridized carbons (Fsp3) is 0.300. The number of aromatic amines is 1. The van der Waals surface area contributed by atoms with Crippen molar-refractivity contribution in [3.8, 4) is 11.4 Å². The van der Waals surface area contributed by atoms with Crippen molar-refractivity contribution in [1.29, 1.82) is 0 Å². The molecule has 2 aromatic rings. The van der Waals surface area contributed by atoms with Gasteiger partial charge in [0.2, 0.25) is 0 Å². The minimum Gasteiger partial charge on any atom is -0.383 e. The summed E-state index contributed by atoms with van der Waals surface area (Å²) in [6, 6.07) is 1.80. The molecule has 2 heterocycles. The molecule has 0 aliphatic heterocycles. The molecule has 5 nitrogen and oxygen atoms in total. The second-order valence-corrected chi connectivity index (χ2v) is 4.15. The zero-order valence-corrected chi connectivity index (χ0v) is 10.8. The number of nitrogens with zero attached hydrogens (tertiary/aromatic N) is 3. The van der Waals surface area contributed by atoms with E-state index in [9.17, 15) is 0 Å². The van der Waals surface area contributed by atoms with Crippen LogP contribution in [-0.4, -0.2) is 33.5 Å². The van der Waals surface area contributed by atoms with E-state index in [0.717, 1.165) is 5.56 Å². The largest absolute Gasteiger partial charge is 0.383 e. The van der Waals surface area contributed by atoms with Crippen molar-refractivity contribution in [2.45, 2.75) is 6.54 Å². The quantitative estimate of drug-likeness (QED) is 0.866. The van der Waals surface area contributed by atoms with Crippen LogP contribution in [0.4, 0.5) is 0 Å². The van der Waals surface area contributed by atoms with Gasteiger partial charge in [-0.3, -0.25) is 14.6 Å². The number of H-pyrrole nitrogens is 1. The van der Waals surface area contributed by atoms with Crippen LogP contribution in [0.1, 0.15) is 0 Å². The number of pyridine rings is 1. The smallest absolute Gasteiger partial charge is 0.195 e. The van der Waals surface area contributed by atoms with Gasteiger partial charge in [0, 0.05) is 25.1 Å². The Morgan fingerprint density at radius 3 is 3.12 bits per heavy atom. The third-order valence-corrected chi connectivity index (χ3v) is 2.90. The van der Waals surface area contributed by atoms with E-state index in [-0.39, 0.29) is 0 Å². The van der Waals surface area contributed by atoms with E-state index >= 15 is 0 Å². The van der Waals surface area contributed by atoms with E-state index < -0.39 is 0 Å². The summed E-state index contributed by atoms with van der Waals surface area (Å²) in [5.74, 6) is 0.694. The molecular weight excluding hydrogens is 260 g/mol. The van der Waals surface area contributed by atoms with Gasteiger partial charge in [-0.2, -0.15) is 5.10 Å². The predicted molar refractivity (Wildman–Crippen MR) is 67.5 cm³/mol. The summed E-state index contributed by atoms with van der Waals surface area (Å²) in [6.07, 6.45) is 3.24. The fourth-order valence-electron chi connectivity index (χ4n) is 1.47. The summed E-state index contributed by atoms with van der Waals surface area (Å²) in [6.45, 7) is 1.18. The molecule has 0 amide bonds. The molecule has 0 bridgehead atoms. The van der Waals surface area contributed by atoms with E-state index in [4.69, 9.17) is 28.6 Å². The SMILES string of the molecule is COCCn1c(-c2ccncc2Cl)n[nH]c1=S. The second kappa shape index (κ2) is 5.39. The predicted octanol–water partition coefficient (Wildman–Crippen LogP) is 2.30. The summed E-state index contributed by atoms with van der Waals surface area (Å²) >= 11 is 11.2. The summed E-state index contributed by atoms with van der Waals surface area (Å²) in [4.78, 5) is 3.94. The Bertz CT molecular complexity index is 565. The first-order chi connectivity index (χ1) is 8.24. The van der Waals surface area contributed by atoms with Crippen LogP contribution in [0.2, 0.25) is 5.02 Å². The van der Waals surface area contributed by atoms with Gasteiger partial charge in [0.05, 0.1) is 18.2 Å². The summed E-state index contributed by atoms with van der Waals surface area (Å²) < 4.78 is 7.43. The van der Waals surface area contributed by atoms with Crippen LogP contribution in [0.5, 0.6) is 0 Å². The van der Waals surface area contributed by atoms with Gasteiger partial charge in [0.15, 0.2) is 10.6 Å². The van der Waals surface area contributed by atoms with E-state index in [1.807, 2.05) is 4.57 Å². The maximum atomic E-state index is 6.08. The standard InChI is InChI=1S/C10H11ClN4OS/c1-16-5-4-15-9(13-14-10(15)17)7-2-3-12-6-8(7)11/h2-3,6H,4-5H2,1H3,(H,14,17). The highest BCUT2D eigenvalue weighted by Crippen LogP contribution is 2.24. The molecule has 0 aliphatic rings. The Morgan fingerprint density at radius 1 is 1.59 bits per heavy atom. The Kier molecular flexibility index (Phi) is 3.88. The number of hydrogen-bond acceptors (Lipinski definition) is 4. The second-order valence-electron chi connectivity index (χ2n) is 3.35. The van der Waals surface area contributed by atoms with Crippen molar-refractivity contribution in [3.63, 3.8) is 0 Å². The molecule has 2 aromatic heterocycles. The van der Waals surface area contributed by atoms with Gasteiger partial charge in [0.25, 0.3) is 0 Å². The molecule has 0 fully saturated rings. The minimum absolute atomic E-state index is 0.542. The third kappa shape index (κ3) is 2.54. The molecule has 90 valence electrons. The highest BCUT2D eigenvalue weighted by Gasteiger charge is 2.11. The van der Waals surface area contributed by atoms with E-state index in [1.165, 1.54) is 0 Å². The van der Waals surface area contributed by atoms with Crippen LogP contribution >= 0.6 is 23.8 Å². The van der Waals surface area contributed by atoms with Gasteiger partial charge in [-0.1, -0.05) is 11.6 Å². The average Bonchev–Trinajstić information content (AvgIpc) is 2.69. The van der Waals surface area contributed by atoms with Gasteiger partial charge >= 0.3 is 0 Å². The van der Waals surface area contributed by atoms with Gasteiger partial charge in [-0.15, -0.1) is 0 Å². The van der Waals surface area contributed by atoms with Crippen LogP contribution in [-0.2, 0) is 11.3 Å². The topological polar surface area (TPSA) is 55.7 Å². The number of methoxy groups -OCH3 is 1. The van der Waals surface area contributed by atoms with E-state index in [1.54, 1.807) is 25.6 Å². The molecule has 1 N–H and O–H groups in total. The van der Waals surface area contributed by atoms with Crippen LogP contribution in [0, 0.1) is 4.77 Å². The lowest BCUT2D eigenvalue weighted by Gasteiger charge is -2.06. The average molecular weight is 271 g/mol. The minimum atomic E-state index is 0.542. The zero-order chi connectivity index (χ0) is 12.3. The van der Waals surface area contributed by atoms with Gasteiger partial charge < -0.3 is 4.74 Å². The lowest BCUT2D eigenvalue weighted by Crippen LogP contribution is -2.06. The van der Waals surface area contributed by atoms with Gasteiger partial charge in [0.1, 0.15) is 0 Å². The van der Waals surface area contributed by atoms with Crippen molar-refractivity contribution in [3.05, 3.63) is 28.3 Å². The van der Waals surface area contributed by atoms with Crippen molar-refractivity contribution in [1.82, 2.24) is 19.7 Å². The number of hydrogen-bond donors (Lipinski definition) is 1. The Balaban J connectivity index is 2.46. The Hall–Kier alpha value is -1.24. The highest BCUT2D eigenvalue weighted by molar-refractivity contribution is 7.71. The molecule has 0 saturated heterocycles. The van der Waals surface area contributed by atoms with Crippen molar-refractivity contribution in [2.24, 2.45) is 0 Å². The molecule has 2 rings (SSSR count). The molecular formula is C10H11ClN4OS. The zero-order valence-electron chi connectivity index (χ0n) is 9.18. The molecule has 0 unspecified atom stereocenters. The molecule has 0 atom stereocenters. The first-order valence-corrected chi connectivity index (χ1v) is 5.76. The van der Waals surface area contributed by atoms with Gasteiger partial charge in [-0.25, -0.2) is 0 Å². The number of aromatic nitrogens is 4. The van der Waals surface area contributed by atoms with Crippen LogP contribution < -0.4 is 0 Å². The maximum absolute atomic E-state index is 6.08. The molecule has 0 spiro atoms. The van der Waals surface area contributed by atoms with Crippen LogP contribution in [0.25, 0.3) is 11.4 Å². The third-order valence-electron chi connectivity index (χ3n) is 2.29. The molecule has 0 aromatic carbocycles. The molecule has 0 radical (unpaired) electrons. The van der Waals surface area contributed by atoms with Crippen molar-refractivity contribution < 1.29 is 4.74 Å². The Labute approximate surface area is 108 Å². The molecule has 0 saturated carbocycles. The Morgan fingerprint density at radius 2 is 2.41 bits per heavy atom.